The maximum atomic E-state index is 10.2. The van der Waals surface area contributed by atoms with Crippen LogP contribution in [0.5, 0.6) is 0 Å². The van der Waals surface area contributed by atoms with E-state index in [2.05, 4.69) is 9.97 Å². The molecule has 0 fully saturated rings. The number of aromatic nitrogens is 2. The van der Waals surface area contributed by atoms with Crippen molar-refractivity contribution in [3.63, 3.8) is 0 Å². The molecule has 0 aliphatic rings. The summed E-state index contributed by atoms with van der Waals surface area (Å²) in [5.74, 6) is -2.00. The van der Waals surface area contributed by atoms with E-state index in [-0.39, 0.29) is 12.1 Å². The van der Waals surface area contributed by atoms with Crippen LogP contribution in [0, 0.1) is 13.8 Å². The number of aliphatic hydroxyl groups is 2. The number of aryl methyl sites for hydroxylation is 2. The third-order valence-corrected chi connectivity index (χ3v) is 2.92. The van der Waals surface area contributed by atoms with Gasteiger partial charge in [-0.25, -0.2) is 0 Å². The Bertz CT molecular complexity index is 553. The molecule has 2 heterocycles. The van der Waals surface area contributed by atoms with Crippen LogP contribution in [0.1, 0.15) is 22.5 Å². The molecule has 0 unspecified atom stereocenters. The molecule has 0 amide bonds. The monoisotopic (exact) mass is 244 g/mol. The average Bonchev–Trinajstić information content (AvgIpc) is 2.32. The summed E-state index contributed by atoms with van der Waals surface area (Å²) in [6, 6.07) is 7.28. The second-order valence-electron chi connectivity index (χ2n) is 4.43. The number of pyridine rings is 2. The van der Waals surface area contributed by atoms with Crippen LogP contribution in [-0.4, -0.2) is 20.2 Å². The van der Waals surface area contributed by atoms with E-state index >= 15 is 0 Å². The van der Waals surface area contributed by atoms with Crippen molar-refractivity contribution in [2.45, 2.75) is 26.1 Å². The zero-order chi connectivity index (χ0) is 13.2. The number of hydrogen-bond acceptors (Lipinski definition) is 4. The highest BCUT2D eigenvalue weighted by Crippen LogP contribution is 2.24. The first-order valence-corrected chi connectivity index (χ1v) is 5.78. The zero-order valence-corrected chi connectivity index (χ0v) is 10.5. The van der Waals surface area contributed by atoms with Gasteiger partial charge in [-0.1, -0.05) is 12.1 Å². The molecule has 0 spiro atoms. The van der Waals surface area contributed by atoms with Gasteiger partial charge >= 0.3 is 0 Å². The molecule has 94 valence electrons. The average molecular weight is 244 g/mol. The van der Waals surface area contributed by atoms with Crippen LogP contribution in [0.3, 0.4) is 0 Å². The highest BCUT2D eigenvalue weighted by atomic mass is 16.5. The molecule has 0 saturated carbocycles. The van der Waals surface area contributed by atoms with Gasteiger partial charge in [0.05, 0.1) is 6.42 Å². The predicted molar refractivity (Wildman–Crippen MR) is 67.8 cm³/mol. The quantitative estimate of drug-likeness (QED) is 0.802. The minimum Gasteiger partial charge on any atom is -0.360 e. The lowest BCUT2D eigenvalue weighted by Crippen LogP contribution is -2.31. The molecule has 0 aliphatic heterocycles. The van der Waals surface area contributed by atoms with Crippen molar-refractivity contribution in [3.05, 3.63) is 59.2 Å². The van der Waals surface area contributed by atoms with Crippen molar-refractivity contribution in [2.24, 2.45) is 0 Å². The number of rotatable bonds is 3. The summed E-state index contributed by atoms with van der Waals surface area (Å²) in [5.41, 5.74) is 2.61. The lowest BCUT2D eigenvalue weighted by Gasteiger charge is -2.23. The predicted octanol–water partition coefficient (Wildman–Crippen LogP) is 1.47. The fourth-order valence-corrected chi connectivity index (χ4v) is 1.93. The SMILES string of the molecule is Cc1cccnc1CC(O)(O)c1ncccc1C. The van der Waals surface area contributed by atoms with Crippen molar-refractivity contribution < 1.29 is 10.2 Å². The third kappa shape index (κ3) is 2.55. The van der Waals surface area contributed by atoms with Crippen LogP contribution in [0.25, 0.3) is 0 Å². The highest BCUT2D eigenvalue weighted by Gasteiger charge is 2.30. The van der Waals surface area contributed by atoms with E-state index in [0.717, 1.165) is 11.1 Å². The summed E-state index contributed by atoms with van der Waals surface area (Å²) in [5, 5.41) is 20.4. The second-order valence-corrected chi connectivity index (χ2v) is 4.43. The van der Waals surface area contributed by atoms with Crippen LogP contribution in [0.2, 0.25) is 0 Å². The Balaban J connectivity index is 2.33. The lowest BCUT2D eigenvalue weighted by molar-refractivity contribution is -0.172. The molecule has 4 nitrogen and oxygen atoms in total. The Morgan fingerprint density at radius 1 is 1.00 bits per heavy atom. The highest BCUT2D eigenvalue weighted by molar-refractivity contribution is 5.26. The van der Waals surface area contributed by atoms with Crippen molar-refractivity contribution in [3.8, 4) is 0 Å². The Labute approximate surface area is 106 Å². The molecule has 0 atom stereocenters. The van der Waals surface area contributed by atoms with Gasteiger partial charge in [0.2, 0.25) is 5.79 Å². The summed E-state index contributed by atoms with van der Waals surface area (Å²) >= 11 is 0. The van der Waals surface area contributed by atoms with E-state index in [1.54, 1.807) is 31.5 Å². The van der Waals surface area contributed by atoms with Crippen LogP contribution < -0.4 is 0 Å². The molecule has 2 aromatic heterocycles. The molecule has 0 saturated heterocycles. The fraction of sp³-hybridized carbons (Fsp3) is 0.286. The zero-order valence-electron chi connectivity index (χ0n) is 10.5. The van der Waals surface area contributed by atoms with E-state index < -0.39 is 5.79 Å². The third-order valence-electron chi connectivity index (χ3n) is 2.92. The maximum Gasteiger partial charge on any atom is 0.213 e. The molecule has 18 heavy (non-hydrogen) atoms. The Morgan fingerprint density at radius 3 is 2.22 bits per heavy atom. The lowest BCUT2D eigenvalue weighted by atomic mass is 10.00. The molecule has 0 aliphatic carbocycles. The Kier molecular flexibility index (Phi) is 3.41. The first kappa shape index (κ1) is 12.7. The van der Waals surface area contributed by atoms with Crippen LogP contribution in [-0.2, 0) is 12.2 Å². The van der Waals surface area contributed by atoms with Crippen molar-refractivity contribution in [2.75, 3.05) is 0 Å². The first-order chi connectivity index (χ1) is 8.50. The molecular weight excluding hydrogens is 228 g/mol. The molecule has 0 aromatic carbocycles. The van der Waals surface area contributed by atoms with Gasteiger partial charge < -0.3 is 10.2 Å². The maximum absolute atomic E-state index is 10.2. The fourth-order valence-electron chi connectivity index (χ4n) is 1.93. The van der Waals surface area contributed by atoms with Gasteiger partial charge in [-0.3, -0.25) is 9.97 Å². The van der Waals surface area contributed by atoms with E-state index in [1.807, 2.05) is 19.1 Å². The summed E-state index contributed by atoms with van der Waals surface area (Å²) in [4.78, 5) is 8.22. The van der Waals surface area contributed by atoms with E-state index in [1.165, 1.54) is 0 Å². The van der Waals surface area contributed by atoms with Gasteiger partial charge in [-0.2, -0.15) is 0 Å². The molecule has 2 aromatic rings. The van der Waals surface area contributed by atoms with E-state index in [0.29, 0.717) is 5.69 Å². The van der Waals surface area contributed by atoms with Crippen LogP contribution >= 0.6 is 0 Å². The van der Waals surface area contributed by atoms with E-state index in [4.69, 9.17) is 0 Å². The Morgan fingerprint density at radius 2 is 1.61 bits per heavy atom. The van der Waals surface area contributed by atoms with Crippen molar-refractivity contribution in [1.29, 1.82) is 0 Å². The minimum absolute atomic E-state index is 0.0253. The first-order valence-electron chi connectivity index (χ1n) is 5.78. The standard InChI is InChI=1S/C14H16N2O2/c1-10-5-3-7-15-12(10)9-14(17,18)13-11(2)6-4-8-16-13/h3-8,17-18H,9H2,1-2H3. The molecular formula is C14H16N2O2. The van der Waals surface area contributed by atoms with E-state index in [9.17, 15) is 10.2 Å². The number of nitrogens with zero attached hydrogens (tertiary/aromatic N) is 2. The summed E-state index contributed by atoms with van der Waals surface area (Å²) in [6.45, 7) is 3.69. The van der Waals surface area contributed by atoms with Gasteiger partial charge in [0.1, 0.15) is 5.69 Å². The minimum atomic E-state index is -2.00. The van der Waals surface area contributed by atoms with Gasteiger partial charge in [-0.05, 0) is 37.1 Å². The molecule has 0 radical (unpaired) electrons. The molecule has 0 bridgehead atoms. The topological polar surface area (TPSA) is 66.2 Å². The van der Waals surface area contributed by atoms with Gasteiger partial charge in [0.15, 0.2) is 0 Å². The summed E-state index contributed by atoms with van der Waals surface area (Å²) in [6.07, 6.45) is 3.22. The van der Waals surface area contributed by atoms with Crippen molar-refractivity contribution >= 4 is 0 Å². The molecule has 2 N–H and O–H groups in total. The Hall–Kier alpha value is -1.78. The van der Waals surface area contributed by atoms with Crippen LogP contribution in [0.15, 0.2) is 36.7 Å². The van der Waals surface area contributed by atoms with Crippen molar-refractivity contribution in [1.82, 2.24) is 9.97 Å². The largest absolute Gasteiger partial charge is 0.360 e. The smallest absolute Gasteiger partial charge is 0.213 e. The molecule has 2 rings (SSSR count). The summed E-state index contributed by atoms with van der Waals surface area (Å²) in [7, 11) is 0. The van der Waals surface area contributed by atoms with Gasteiger partial charge in [-0.15, -0.1) is 0 Å². The van der Waals surface area contributed by atoms with Gasteiger partial charge in [0, 0.05) is 18.1 Å². The summed E-state index contributed by atoms with van der Waals surface area (Å²) < 4.78 is 0. The van der Waals surface area contributed by atoms with Crippen LogP contribution in [0.4, 0.5) is 0 Å². The molecule has 4 heteroatoms. The number of hydrogen-bond donors (Lipinski definition) is 2. The van der Waals surface area contributed by atoms with Gasteiger partial charge in [0.25, 0.3) is 0 Å². The normalized spacial score (nSPS) is 11.6. The second kappa shape index (κ2) is 4.84.